The highest BCUT2D eigenvalue weighted by molar-refractivity contribution is 5.82. The molecule has 0 aromatic carbocycles. The number of carboxylic acids is 1. The highest BCUT2D eigenvalue weighted by atomic mass is 16.6. The summed E-state index contributed by atoms with van der Waals surface area (Å²) in [7, 11) is 0. The third kappa shape index (κ3) is 4.54. The van der Waals surface area contributed by atoms with Crippen LogP contribution in [0.3, 0.4) is 0 Å². The van der Waals surface area contributed by atoms with E-state index in [0.717, 1.165) is 4.57 Å². The van der Waals surface area contributed by atoms with Gasteiger partial charge in [0.1, 0.15) is 24.1 Å². The van der Waals surface area contributed by atoms with Gasteiger partial charge in [-0.05, 0) is 12.5 Å². The lowest BCUT2D eigenvalue weighted by atomic mass is 10.1. The summed E-state index contributed by atoms with van der Waals surface area (Å²) in [5, 5.41) is 31.2. The quantitative estimate of drug-likeness (QED) is 0.282. The molecule has 0 aliphatic carbocycles. The number of hydrogen-bond acceptors (Lipinski definition) is 9. The Kier molecular flexibility index (Phi) is 6.26. The van der Waals surface area contributed by atoms with E-state index in [1.807, 2.05) is 0 Å². The summed E-state index contributed by atoms with van der Waals surface area (Å²) in [5.41, 5.74) is 10.2. The summed E-state index contributed by atoms with van der Waals surface area (Å²) in [6.45, 7) is -0.189. The maximum absolute atomic E-state index is 11.8. The number of aliphatic carboxylic acids is 1. The van der Waals surface area contributed by atoms with E-state index in [1.165, 1.54) is 12.3 Å². The summed E-state index contributed by atoms with van der Waals surface area (Å²) in [6, 6.07) is 0.301. The minimum Gasteiger partial charge on any atom is -0.481 e. The maximum atomic E-state index is 11.8. The number of carbonyl (C=O) groups excluding carboxylic acids is 1. The lowest BCUT2D eigenvalue weighted by Gasteiger charge is -2.17. The first kappa shape index (κ1) is 19.8. The molecule has 0 radical (unpaired) electrons. The summed E-state index contributed by atoms with van der Waals surface area (Å²) in [4.78, 5) is 37.7. The van der Waals surface area contributed by atoms with Gasteiger partial charge in [0.25, 0.3) is 0 Å². The zero-order chi connectivity index (χ0) is 19.4. The van der Waals surface area contributed by atoms with Crippen molar-refractivity contribution in [3.05, 3.63) is 22.7 Å². The molecule has 12 nitrogen and oxygen atoms in total. The summed E-state index contributed by atoms with van der Waals surface area (Å²) in [5.74, 6) is -1.69. The molecule has 1 amide bonds. The molecular weight excluding hydrogens is 350 g/mol. The van der Waals surface area contributed by atoms with Gasteiger partial charge in [0.05, 0.1) is 6.04 Å². The number of nitrogens with one attached hydrogen (secondary N) is 1. The van der Waals surface area contributed by atoms with Gasteiger partial charge in [-0.2, -0.15) is 4.98 Å². The number of aliphatic hydroxyl groups is 2. The summed E-state index contributed by atoms with van der Waals surface area (Å²) < 4.78 is 6.43. The lowest BCUT2D eigenvalue weighted by molar-refractivity contribution is -0.137. The molecule has 1 aliphatic heterocycles. The second-order valence-electron chi connectivity index (χ2n) is 5.87. The van der Waals surface area contributed by atoms with Crippen LogP contribution in [0.4, 0.5) is 5.82 Å². The molecule has 1 unspecified atom stereocenters. The van der Waals surface area contributed by atoms with E-state index < -0.39 is 48.1 Å². The van der Waals surface area contributed by atoms with Crippen LogP contribution in [-0.2, 0) is 14.3 Å². The number of carbonyl (C=O) groups is 2. The number of anilines is 1. The van der Waals surface area contributed by atoms with Crippen LogP contribution in [0.5, 0.6) is 0 Å². The van der Waals surface area contributed by atoms with Crippen molar-refractivity contribution in [2.75, 3.05) is 12.3 Å². The number of amides is 1. The Labute approximate surface area is 147 Å². The normalized spacial score (nSPS) is 26.4. The molecule has 5 atom stereocenters. The van der Waals surface area contributed by atoms with Gasteiger partial charge < -0.3 is 36.8 Å². The highest BCUT2D eigenvalue weighted by Crippen LogP contribution is 2.28. The molecule has 2 heterocycles. The SMILES string of the molecule is Nc1ccn([C@@H]2O[C@H](CNC(=O)C(N)CCC(=O)O)[C@@H](O)[C@H]2O)c(=O)n1. The van der Waals surface area contributed by atoms with E-state index in [2.05, 4.69) is 10.3 Å². The molecule has 0 spiro atoms. The smallest absolute Gasteiger partial charge is 0.351 e. The van der Waals surface area contributed by atoms with Gasteiger partial charge >= 0.3 is 11.7 Å². The molecule has 26 heavy (non-hydrogen) atoms. The molecule has 1 aromatic heterocycles. The molecule has 1 aromatic rings. The van der Waals surface area contributed by atoms with Gasteiger partial charge in [-0.1, -0.05) is 0 Å². The van der Waals surface area contributed by atoms with Gasteiger partial charge in [-0.15, -0.1) is 0 Å². The molecule has 2 rings (SSSR count). The van der Waals surface area contributed by atoms with E-state index in [4.69, 9.17) is 21.3 Å². The van der Waals surface area contributed by atoms with E-state index in [0.29, 0.717) is 0 Å². The third-order valence-corrected chi connectivity index (χ3v) is 3.95. The van der Waals surface area contributed by atoms with Crippen molar-refractivity contribution in [1.29, 1.82) is 0 Å². The largest absolute Gasteiger partial charge is 0.481 e. The monoisotopic (exact) mass is 371 g/mol. The van der Waals surface area contributed by atoms with Crippen LogP contribution in [0.2, 0.25) is 0 Å². The molecule has 0 saturated carbocycles. The number of rotatable bonds is 7. The molecule has 1 fully saturated rings. The van der Waals surface area contributed by atoms with E-state index in [1.54, 1.807) is 0 Å². The molecule has 1 saturated heterocycles. The molecule has 8 N–H and O–H groups in total. The van der Waals surface area contributed by atoms with Gasteiger partial charge in [0.15, 0.2) is 6.23 Å². The topological polar surface area (TPSA) is 203 Å². The maximum Gasteiger partial charge on any atom is 0.351 e. The molecular formula is C14H21N5O7. The fourth-order valence-electron chi connectivity index (χ4n) is 2.49. The average molecular weight is 371 g/mol. The number of ether oxygens (including phenoxy) is 1. The van der Waals surface area contributed by atoms with Crippen molar-refractivity contribution in [3.8, 4) is 0 Å². The molecule has 1 aliphatic rings. The zero-order valence-electron chi connectivity index (χ0n) is 13.7. The Hall–Kier alpha value is -2.54. The lowest BCUT2D eigenvalue weighted by Crippen LogP contribution is -2.46. The van der Waals surface area contributed by atoms with Crippen molar-refractivity contribution >= 4 is 17.7 Å². The van der Waals surface area contributed by atoms with Gasteiger partial charge in [-0.25, -0.2) is 4.79 Å². The average Bonchev–Trinajstić information content (AvgIpc) is 2.85. The van der Waals surface area contributed by atoms with E-state index in [-0.39, 0.29) is 25.2 Å². The van der Waals surface area contributed by atoms with Crippen LogP contribution < -0.4 is 22.5 Å². The number of nitrogens with two attached hydrogens (primary N) is 2. The van der Waals surface area contributed by atoms with Gasteiger partial charge in [0, 0.05) is 19.2 Å². The van der Waals surface area contributed by atoms with Crippen LogP contribution in [0, 0.1) is 0 Å². The van der Waals surface area contributed by atoms with Gasteiger partial charge in [-0.3, -0.25) is 14.2 Å². The van der Waals surface area contributed by atoms with Crippen molar-refractivity contribution in [2.24, 2.45) is 5.73 Å². The first-order valence-electron chi connectivity index (χ1n) is 7.82. The first-order valence-corrected chi connectivity index (χ1v) is 7.82. The van der Waals surface area contributed by atoms with E-state index >= 15 is 0 Å². The van der Waals surface area contributed by atoms with Crippen LogP contribution in [0.25, 0.3) is 0 Å². The van der Waals surface area contributed by atoms with Crippen LogP contribution in [0.15, 0.2) is 17.1 Å². The van der Waals surface area contributed by atoms with Crippen LogP contribution in [-0.4, -0.2) is 67.6 Å². The highest BCUT2D eigenvalue weighted by Gasteiger charge is 2.44. The molecule has 144 valence electrons. The second-order valence-corrected chi connectivity index (χ2v) is 5.87. The fraction of sp³-hybridized carbons (Fsp3) is 0.571. The zero-order valence-corrected chi connectivity index (χ0v) is 13.7. The fourth-order valence-corrected chi connectivity index (χ4v) is 2.49. The minimum atomic E-state index is -1.43. The Morgan fingerprint density at radius 1 is 1.38 bits per heavy atom. The predicted molar refractivity (Wildman–Crippen MR) is 86.7 cm³/mol. The van der Waals surface area contributed by atoms with Crippen LogP contribution in [0.1, 0.15) is 19.1 Å². The standard InChI is InChI=1S/C14H21N5O7/c15-6(1-2-9(20)21)12(24)17-5-7-10(22)11(23)13(26-7)19-4-3-8(16)18-14(19)25/h3-4,6-7,10-11,13,22-23H,1-2,5,15H2,(H,17,24)(H,20,21)(H2,16,18,25)/t6?,7-,10-,11-,13-/m1/s1. The Balaban J connectivity index is 1.96. The Morgan fingerprint density at radius 3 is 2.69 bits per heavy atom. The van der Waals surface area contributed by atoms with Crippen LogP contribution >= 0.6 is 0 Å². The van der Waals surface area contributed by atoms with Crippen molar-refractivity contribution in [2.45, 2.75) is 43.4 Å². The number of hydrogen-bond donors (Lipinski definition) is 6. The third-order valence-electron chi connectivity index (χ3n) is 3.95. The van der Waals surface area contributed by atoms with Crippen molar-refractivity contribution in [1.82, 2.24) is 14.9 Å². The van der Waals surface area contributed by atoms with Gasteiger partial charge in [0.2, 0.25) is 5.91 Å². The minimum absolute atomic E-state index is 0.00144. The Morgan fingerprint density at radius 2 is 2.08 bits per heavy atom. The number of carboxylic acid groups (broad SMARTS) is 1. The number of nitrogen functional groups attached to an aromatic ring is 1. The van der Waals surface area contributed by atoms with Crippen molar-refractivity contribution < 1.29 is 29.6 Å². The number of aliphatic hydroxyl groups excluding tert-OH is 2. The first-order chi connectivity index (χ1) is 12.2. The second kappa shape index (κ2) is 8.23. The summed E-state index contributed by atoms with van der Waals surface area (Å²) >= 11 is 0. The van der Waals surface area contributed by atoms with E-state index in [9.17, 15) is 24.6 Å². The van der Waals surface area contributed by atoms with Crippen molar-refractivity contribution in [3.63, 3.8) is 0 Å². The molecule has 12 heteroatoms. The number of nitrogens with zero attached hydrogens (tertiary/aromatic N) is 2. The Bertz CT molecular complexity index is 724. The summed E-state index contributed by atoms with van der Waals surface area (Å²) in [6.07, 6.45) is -4.05. The predicted octanol–water partition coefficient (Wildman–Crippen LogP) is -3.25. The molecule has 0 bridgehead atoms. The number of aromatic nitrogens is 2.